The zero-order valence-electron chi connectivity index (χ0n) is 10.8. The second-order valence-electron chi connectivity index (χ2n) is 4.12. The number of carboxylic acids is 1. The molecule has 0 bridgehead atoms. The molecular weight excluding hydrogens is 252 g/mol. The number of furan rings is 1. The second-order valence-corrected chi connectivity index (χ2v) is 4.12. The fourth-order valence-electron chi connectivity index (χ4n) is 1.53. The fraction of sp³-hybridized carbons (Fsp3) is 0.417. The average molecular weight is 266 g/mol. The van der Waals surface area contributed by atoms with Crippen LogP contribution in [0, 0.1) is 13.8 Å². The molecule has 0 spiro atoms. The molecule has 0 aliphatic heterocycles. The van der Waals surface area contributed by atoms with Crippen molar-refractivity contribution in [3.63, 3.8) is 0 Å². The van der Waals surface area contributed by atoms with Crippen LogP contribution in [0.3, 0.4) is 0 Å². The van der Waals surface area contributed by atoms with E-state index in [-0.39, 0.29) is 12.5 Å². The van der Waals surface area contributed by atoms with Crippen LogP contribution in [0.1, 0.15) is 24.3 Å². The lowest BCUT2D eigenvalue weighted by Crippen LogP contribution is -2.19. The van der Waals surface area contributed by atoms with Gasteiger partial charge in [0, 0.05) is 0 Å². The summed E-state index contributed by atoms with van der Waals surface area (Å²) in [6.07, 6.45) is -0.923. The van der Waals surface area contributed by atoms with E-state index < -0.39 is 12.1 Å². The van der Waals surface area contributed by atoms with Crippen LogP contribution >= 0.6 is 0 Å². The summed E-state index contributed by atoms with van der Waals surface area (Å²) in [5.41, 5.74) is 0.725. The molecule has 0 fully saturated rings. The third-order valence-corrected chi connectivity index (χ3v) is 2.54. The number of aromatic nitrogens is 2. The van der Waals surface area contributed by atoms with Gasteiger partial charge in [-0.3, -0.25) is 0 Å². The normalized spacial score (nSPS) is 12.6. The van der Waals surface area contributed by atoms with E-state index >= 15 is 0 Å². The number of hydrogen-bond donors (Lipinski definition) is 1. The lowest BCUT2D eigenvalue weighted by atomic mass is 10.2. The quantitative estimate of drug-likeness (QED) is 0.882. The maximum absolute atomic E-state index is 10.6. The molecule has 0 amide bonds. The van der Waals surface area contributed by atoms with E-state index in [0.717, 1.165) is 11.3 Å². The number of carboxylic acid groups (broad SMARTS) is 1. The molecule has 2 aromatic heterocycles. The largest absolute Gasteiger partial charge is 0.479 e. The van der Waals surface area contributed by atoms with Gasteiger partial charge in [0.1, 0.15) is 18.1 Å². The molecular formula is C12H14N2O5. The number of hydrogen-bond acceptors (Lipinski definition) is 6. The lowest BCUT2D eigenvalue weighted by molar-refractivity contribution is -0.150. The van der Waals surface area contributed by atoms with E-state index in [9.17, 15) is 4.79 Å². The van der Waals surface area contributed by atoms with Gasteiger partial charge in [0.05, 0.1) is 5.56 Å². The highest BCUT2D eigenvalue weighted by molar-refractivity contribution is 5.71. The van der Waals surface area contributed by atoms with E-state index in [0.29, 0.717) is 11.7 Å². The van der Waals surface area contributed by atoms with Gasteiger partial charge in [0.2, 0.25) is 5.89 Å². The first-order valence-electron chi connectivity index (χ1n) is 5.71. The van der Waals surface area contributed by atoms with Crippen LogP contribution in [0.25, 0.3) is 11.5 Å². The van der Waals surface area contributed by atoms with Gasteiger partial charge in [-0.1, -0.05) is 0 Å². The topological polar surface area (TPSA) is 98.6 Å². The van der Waals surface area contributed by atoms with Crippen molar-refractivity contribution >= 4 is 5.97 Å². The lowest BCUT2D eigenvalue weighted by Gasteiger charge is -2.04. The Kier molecular flexibility index (Phi) is 3.66. The van der Waals surface area contributed by atoms with Crippen LogP contribution in [-0.4, -0.2) is 27.4 Å². The Morgan fingerprint density at radius 2 is 2.16 bits per heavy atom. The minimum absolute atomic E-state index is 0.0453. The van der Waals surface area contributed by atoms with Gasteiger partial charge in [0.15, 0.2) is 6.10 Å². The van der Waals surface area contributed by atoms with E-state index in [1.165, 1.54) is 6.92 Å². The van der Waals surface area contributed by atoms with Crippen molar-refractivity contribution in [2.24, 2.45) is 0 Å². The molecule has 2 aromatic rings. The summed E-state index contributed by atoms with van der Waals surface area (Å²) in [5.74, 6) is 0.953. The predicted molar refractivity (Wildman–Crippen MR) is 63.4 cm³/mol. The highest BCUT2D eigenvalue weighted by Gasteiger charge is 2.16. The highest BCUT2D eigenvalue weighted by atomic mass is 16.5. The maximum atomic E-state index is 10.6. The fourth-order valence-corrected chi connectivity index (χ4v) is 1.53. The molecule has 0 radical (unpaired) electrons. The molecule has 7 nitrogen and oxygen atoms in total. The first-order chi connectivity index (χ1) is 8.97. The van der Waals surface area contributed by atoms with E-state index in [4.69, 9.17) is 18.7 Å². The van der Waals surface area contributed by atoms with Crippen molar-refractivity contribution in [2.75, 3.05) is 0 Å². The van der Waals surface area contributed by atoms with E-state index in [1.807, 2.05) is 6.92 Å². The van der Waals surface area contributed by atoms with Crippen LogP contribution in [0.2, 0.25) is 0 Å². The highest BCUT2D eigenvalue weighted by Crippen LogP contribution is 2.25. The Morgan fingerprint density at radius 1 is 1.42 bits per heavy atom. The summed E-state index contributed by atoms with van der Waals surface area (Å²) in [4.78, 5) is 10.6. The number of ether oxygens (including phenoxy) is 1. The predicted octanol–water partition coefficient (Wildman–Crippen LogP) is 1.94. The van der Waals surface area contributed by atoms with Crippen molar-refractivity contribution in [3.05, 3.63) is 23.5 Å². The Morgan fingerprint density at radius 3 is 2.74 bits per heavy atom. The van der Waals surface area contributed by atoms with Gasteiger partial charge in [-0.2, -0.15) is 0 Å². The zero-order chi connectivity index (χ0) is 14.0. The van der Waals surface area contributed by atoms with Crippen molar-refractivity contribution in [2.45, 2.75) is 33.5 Å². The second kappa shape index (κ2) is 5.23. The zero-order valence-corrected chi connectivity index (χ0v) is 10.8. The first-order valence-corrected chi connectivity index (χ1v) is 5.71. The molecule has 0 saturated heterocycles. The molecule has 2 heterocycles. The third kappa shape index (κ3) is 3.00. The number of nitrogens with zero attached hydrogens (tertiary/aromatic N) is 2. The van der Waals surface area contributed by atoms with Crippen molar-refractivity contribution in [3.8, 4) is 11.5 Å². The van der Waals surface area contributed by atoms with Crippen LogP contribution in [-0.2, 0) is 16.1 Å². The molecule has 7 heteroatoms. The SMILES string of the molecule is Cc1cc(-c2nnc(CO[C@@H](C)C(=O)O)o2)c(C)o1. The molecule has 0 aromatic carbocycles. The van der Waals surface area contributed by atoms with Crippen LogP contribution in [0.4, 0.5) is 0 Å². The first kappa shape index (κ1) is 13.3. The summed E-state index contributed by atoms with van der Waals surface area (Å²) >= 11 is 0. The van der Waals surface area contributed by atoms with Crippen molar-refractivity contribution in [1.29, 1.82) is 0 Å². The number of rotatable bonds is 5. The van der Waals surface area contributed by atoms with Crippen molar-refractivity contribution in [1.82, 2.24) is 10.2 Å². The van der Waals surface area contributed by atoms with Crippen LogP contribution < -0.4 is 0 Å². The number of aryl methyl sites for hydroxylation is 2. The van der Waals surface area contributed by atoms with E-state index in [2.05, 4.69) is 10.2 Å². The van der Waals surface area contributed by atoms with Crippen molar-refractivity contribution < 1.29 is 23.5 Å². The van der Waals surface area contributed by atoms with Gasteiger partial charge >= 0.3 is 5.97 Å². The number of carbonyl (C=O) groups is 1. The Hall–Kier alpha value is -2.15. The van der Waals surface area contributed by atoms with Gasteiger partial charge in [0.25, 0.3) is 5.89 Å². The molecule has 1 atom stereocenters. The Balaban J connectivity index is 2.07. The van der Waals surface area contributed by atoms with Gasteiger partial charge in [-0.15, -0.1) is 10.2 Å². The average Bonchev–Trinajstić information content (AvgIpc) is 2.92. The molecule has 1 N–H and O–H groups in total. The molecule has 0 unspecified atom stereocenters. The minimum atomic E-state index is -1.04. The monoisotopic (exact) mass is 266 g/mol. The molecule has 2 rings (SSSR count). The molecule has 0 aliphatic carbocycles. The Bertz CT molecular complexity index is 587. The maximum Gasteiger partial charge on any atom is 0.332 e. The van der Waals surface area contributed by atoms with Gasteiger partial charge in [-0.25, -0.2) is 4.79 Å². The summed E-state index contributed by atoms with van der Waals surface area (Å²) in [7, 11) is 0. The minimum Gasteiger partial charge on any atom is -0.479 e. The summed E-state index contributed by atoms with van der Waals surface area (Å²) in [6.45, 7) is 5.01. The number of aliphatic carboxylic acids is 1. The van der Waals surface area contributed by atoms with E-state index in [1.54, 1.807) is 13.0 Å². The smallest absolute Gasteiger partial charge is 0.332 e. The molecule has 0 saturated carbocycles. The van der Waals surface area contributed by atoms with Crippen LogP contribution in [0.15, 0.2) is 14.9 Å². The summed E-state index contributed by atoms with van der Waals surface area (Å²) in [5, 5.41) is 16.4. The molecule has 0 aliphatic rings. The van der Waals surface area contributed by atoms with Gasteiger partial charge < -0.3 is 18.7 Å². The van der Waals surface area contributed by atoms with Crippen LogP contribution in [0.5, 0.6) is 0 Å². The van der Waals surface area contributed by atoms with Gasteiger partial charge in [-0.05, 0) is 26.8 Å². The Labute approximate surface area is 109 Å². The third-order valence-electron chi connectivity index (χ3n) is 2.54. The standard InChI is InChI=1S/C12H14N2O5/c1-6-4-9(7(2)18-6)11-14-13-10(19-11)5-17-8(3)12(15)16/h4,8H,5H2,1-3H3,(H,15,16)/t8-/m0/s1. The molecule has 19 heavy (non-hydrogen) atoms. The molecule has 102 valence electrons. The summed E-state index contributed by atoms with van der Waals surface area (Å²) < 4.78 is 15.8. The summed E-state index contributed by atoms with van der Waals surface area (Å²) in [6, 6.07) is 1.80.